The summed E-state index contributed by atoms with van der Waals surface area (Å²) >= 11 is 0. The molecule has 4 fully saturated rings. The summed E-state index contributed by atoms with van der Waals surface area (Å²) in [5.41, 5.74) is -6.73. The molecule has 1 aromatic heterocycles. The Morgan fingerprint density at radius 3 is 2.17 bits per heavy atom. The molecule has 1 N–H and O–H groups in total. The lowest BCUT2D eigenvalue weighted by atomic mass is 9.55. The van der Waals surface area contributed by atoms with Crippen LogP contribution in [-0.2, 0) is 42.9 Å². The molecule has 1 heterocycles. The molecule has 13 heteroatoms. The molecule has 4 aliphatic rings. The number of Topliss-reactive ketones (excluding diaryl/α,β-unsaturated/α-hetero) is 1. The van der Waals surface area contributed by atoms with Crippen molar-refractivity contribution in [3.63, 3.8) is 0 Å². The summed E-state index contributed by atoms with van der Waals surface area (Å²) in [7, 11) is 0. The van der Waals surface area contributed by atoms with Crippen LogP contribution >= 0.6 is 0 Å². The molecule has 53 heavy (non-hydrogen) atoms. The fourth-order valence-electron chi connectivity index (χ4n) is 10.2. The molecule has 4 aliphatic carbocycles. The number of rotatable bonds is 9. The van der Waals surface area contributed by atoms with E-state index in [-0.39, 0.29) is 36.3 Å². The van der Waals surface area contributed by atoms with Gasteiger partial charge in [0.2, 0.25) is 5.78 Å². The SMILES string of the molecule is CCC(=O)OC1C(C)CC2(O)C(=O)C(C)(OC(C)=O)C3C4C(CC(OC(C)=O)C3(COC(=O)c3cccnc3)C(OC(=O)c3ccccc3)C12)C4(C)C. The first-order valence-corrected chi connectivity index (χ1v) is 18.1. The summed E-state index contributed by atoms with van der Waals surface area (Å²) in [5.74, 6) is -8.65. The van der Waals surface area contributed by atoms with Gasteiger partial charge in [0, 0.05) is 38.6 Å². The van der Waals surface area contributed by atoms with Crippen LogP contribution in [0.25, 0.3) is 0 Å². The highest BCUT2D eigenvalue weighted by Gasteiger charge is 2.84. The first kappa shape index (κ1) is 38.1. The first-order chi connectivity index (χ1) is 24.9. The van der Waals surface area contributed by atoms with Crippen molar-refractivity contribution in [2.75, 3.05) is 6.61 Å². The molecule has 0 bridgehead atoms. The Hall–Kier alpha value is -4.65. The monoisotopic (exact) mass is 733 g/mol. The van der Waals surface area contributed by atoms with Gasteiger partial charge in [-0.05, 0) is 67.2 Å². The largest absolute Gasteiger partial charge is 0.462 e. The summed E-state index contributed by atoms with van der Waals surface area (Å²) in [4.78, 5) is 86.8. The predicted molar refractivity (Wildman–Crippen MR) is 185 cm³/mol. The molecule has 0 aliphatic heterocycles. The third-order valence-electron chi connectivity index (χ3n) is 12.4. The Labute approximate surface area is 308 Å². The molecule has 6 rings (SSSR count). The maximum atomic E-state index is 15.4. The third-order valence-corrected chi connectivity index (χ3v) is 12.4. The Bertz CT molecular complexity index is 1800. The number of ether oxygens (including phenoxy) is 5. The van der Waals surface area contributed by atoms with E-state index in [9.17, 15) is 29.1 Å². The molecule has 284 valence electrons. The topological polar surface area (TPSA) is 182 Å². The molecule has 11 atom stereocenters. The van der Waals surface area contributed by atoms with E-state index in [1.807, 2.05) is 13.8 Å². The van der Waals surface area contributed by atoms with Crippen LogP contribution in [-0.4, -0.2) is 81.8 Å². The highest BCUT2D eigenvalue weighted by Crippen LogP contribution is 2.76. The smallest absolute Gasteiger partial charge is 0.339 e. The second-order valence-electron chi connectivity index (χ2n) is 15.9. The minimum atomic E-state index is -2.41. The van der Waals surface area contributed by atoms with Crippen molar-refractivity contribution >= 4 is 35.6 Å². The lowest BCUT2D eigenvalue weighted by Gasteiger charge is -2.55. The van der Waals surface area contributed by atoms with Gasteiger partial charge in [0.05, 0.1) is 22.5 Å². The van der Waals surface area contributed by atoms with E-state index in [0.29, 0.717) is 0 Å². The maximum Gasteiger partial charge on any atom is 0.339 e. The van der Waals surface area contributed by atoms with Crippen LogP contribution in [0.1, 0.15) is 88.4 Å². The van der Waals surface area contributed by atoms with Gasteiger partial charge in [-0.3, -0.25) is 24.2 Å². The van der Waals surface area contributed by atoms with Gasteiger partial charge in [-0.15, -0.1) is 0 Å². The number of aromatic nitrogens is 1. The predicted octanol–water partition coefficient (Wildman–Crippen LogP) is 4.29. The zero-order chi connectivity index (χ0) is 38.7. The number of fused-ring (bicyclic) bond motifs is 4. The molecule has 0 saturated heterocycles. The molecule has 11 unspecified atom stereocenters. The van der Waals surface area contributed by atoms with Crippen LogP contribution in [0.15, 0.2) is 54.9 Å². The van der Waals surface area contributed by atoms with Crippen molar-refractivity contribution in [3.05, 3.63) is 66.0 Å². The number of benzene rings is 1. The zero-order valence-corrected chi connectivity index (χ0v) is 31.0. The van der Waals surface area contributed by atoms with E-state index in [1.54, 1.807) is 38.1 Å². The summed E-state index contributed by atoms with van der Waals surface area (Å²) in [6, 6.07) is 11.1. The molecule has 0 radical (unpaired) electrons. The molecular weight excluding hydrogens is 686 g/mol. The van der Waals surface area contributed by atoms with Crippen LogP contribution < -0.4 is 0 Å². The van der Waals surface area contributed by atoms with Crippen molar-refractivity contribution in [3.8, 4) is 0 Å². The van der Waals surface area contributed by atoms with Gasteiger partial charge in [0.1, 0.15) is 30.5 Å². The Morgan fingerprint density at radius 2 is 1.57 bits per heavy atom. The first-order valence-electron chi connectivity index (χ1n) is 18.1. The van der Waals surface area contributed by atoms with Crippen LogP contribution in [0.2, 0.25) is 0 Å². The third kappa shape index (κ3) is 6.20. The minimum absolute atomic E-state index is 0.0353. The van der Waals surface area contributed by atoms with Gasteiger partial charge < -0.3 is 28.8 Å². The maximum absolute atomic E-state index is 15.4. The lowest BCUT2D eigenvalue weighted by Crippen LogP contribution is -2.66. The molecule has 1 aromatic carbocycles. The second-order valence-corrected chi connectivity index (χ2v) is 15.9. The molecule has 0 amide bonds. The molecule has 13 nitrogen and oxygen atoms in total. The van der Waals surface area contributed by atoms with Gasteiger partial charge >= 0.3 is 29.8 Å². The Balaban J connectivity index is 1.69. The van der Waals surface area contributed by atoms with Crippen LogP contribution in [0.4, 0.5) is 0 Å². The molecule has 2 aromatic rings. The summed E-state index contributed by atoms with van der Waals surface area (Å²) in [6.07, 6.45) is -1.33. The summed E-state index contributed by atoms with van der Waals surface area (Å²) < 4.78 is 31.0. The van der Waals surface area contributed by atoms with E-state index in [4.69, 9.17) is 23.7 Å². The Kier molecular flexibility index (Phi) is 9.80. The fraction of sp³-hybridized carbons (Fsp3) is 0.575. The number of carbonyl (C=O) groups is 6. The quantitative estimate of drug-likeness (QED) is 0.285. The number of esters is 5. The number of hydrogen-bond donors (Lipinski definition) is 1. The average molecular weight is 734 g/mol. The van der Waals surface area contributed by atoms with Gasteiger partial charge in [-0.1, -0.05) is 45.9 Å². The van der Waals surface area contributed by atoms with Crippen molar-refractivity contribution in [1.82, 2.24) is 4.98 Å². The van der Waals surface area contributed by atoms with Crippen LogP contribution in [0, 0.1) is 40.4 Å². The Morgan fingerprint density at radius 1 is 0.887 bits per heavy atom. The van der Waals surface area contributed by atoms with Crippen LogP contribution in [0.5, 0.6) is 0 Å². The zero-order valence-electron chi connectivity index (χ0n) is 31.0. The highest BCUT2D eigenvalue weighted by molar-refractivity contribution is 5.98. The fourth-order valence-corrected chi connectivity index (χ4v) is 10.2. The number of aliphatic hydroxyl groups is 1. The van der Waals surface area contributed by atoms with Gasteiger partial charge in [-0.25, -0.2) is 9.59 Å². The van der Waals surface area contributed by atoms with E-state index < -0.39 is 106 Å². The lowest BCUT2D eigenvalue weighted by molar-refractivity contribution is -0.228. The van der Waals surface area contributed by atoms with Crippen molar-refractivity contribution in [2.24, 2.45) is 40.4 Å². The summed E-state index contributed by atoms with van der Waals surface area (Å²) in [6.45, 7) is 10.4. The number of pyridine rings is 1. The number of hydrogen-bond acceptors (Lipinski definition) is 13. The van der Waals surface area contributed by atoms with E-state index >= 15 is 4.79 Å². The average Bonchev–Trinajstić information content (AvgIpc) is 3.56. The molecule has 0 spiro atoms. The van der Waals surface area contributed by atoms with Gasteiger partial charge in [0.15, 0.2) is 5.60 Å². The van der Waals surface area contributed by atoms with Crippen LogP contribution in [0.3, 0.4) is 0 Å². The van der Waals surface area contributed by atoms with E-state index in [1.165, 1.54) is 44.4 Å². The minimum Gasteiger partial charge on any atom is -0.462 e. The van der Waals surface area contributed by atoms with Crippen molar-refractivity contribution in [1.29, 1.82) is 0 Å². The van der Waals surface area contributed by atoms with Gasteiger partial charge in [-0.2, -0.15) is 0 Å². The normalized spacial score (nSPS) is 36.3. The molecule has 4 saturated carbocycles. The van der Waals surface area contributed by atoms with Crippen molar-refractivity contribution in [2.45, 2.75) is 97.2 Å². The van der Waals surface area contributed by atoms with E-state index in [2.05, 4.69) is 4.98 Å². The highest BCUT2D eigenvalue weighted by atomic mass is 16.6. The number of nitrogens with zero attached hydrogens (tertiary/aromatic N) is 1. The summed E-state index contributed by atoms with van der Waals surface area (Å²) in [5, 5.41) is 13.0. The molecular formula is C40H47NO12. The standard InChI is InChI=1S/C40H47NO12/c1-8-28(44)51-31-21(2)18-40(48)30(31)33(52-35(46)24-13-10-9-11-14-24)39(20-49-34(45)25-15-12-16-41-19-25)27(50-22(3)42)17-26-29(37(26,5)6)32(39)38(7,36(40)47)53-23(4)43/h9-16,19,21,26-27,29-33,48H,8,17-18,20H2,1-7H3. The number of carbonyl (C=O) groups excluding carboxylic acids is 6. The second kappa shape index (κ2) is 13.6. The van der Waals surface area contributed by atoms with Gasteiger partial charge in [0.25, 0.3) is 0 Å². The van der Waals surface area contributed by atoms with E-state index in [0.717, 1.165) is 6.92 Å². The van der Waals surface area contributed by atoms with Crippen molar-refractivity contribution < 1.29 is 57.6 Å². The number of ketones is 1.